The topological polar surface area (TPSA) is 24.1 Å². The molecule has 0 aliphatic rings. The van der Waals surface area contributed by atoms with E-state index in [1.807, 2.05) is 54.6 Å². The van der Waals surface area contributed by atoms with E-state index in [0.717, 1.165) is 16.3 Å². The van der Waals surface area contributed by atoms with E-state index in [9.17, 15) is 0 Å². The maximum atomic E-state index is 6.04. The summed E-state index contributed by atoms with van der Waals surface area (Å²) < 4.78 is 0. The van der Waals surface area contributed by atoms with E-state index in [-0.39, 0.29) is 0 Å². The number of anilines is 1. The van der Waals surface area contributed by atoms with Gasteiger partial charge in [0.2, 0.25) is 0 Å². The van der Waals surface area contributed by atoms with Gasteiger partial charge in [0.1, 0.15) is 0 Å². The van der Waals surface area contributed by atoms with Crippen molar-refractivity contribution >= 4 is 17.3 Å². The van der Waals surface area contributed by atoms with Crippen LogP contribution in [-0.4, -0.2) is 0 Å². The lowest BCUT2D eigenvalue weighted by molar-refractivity contribution is 0.801. The Kier molecular flexibility index (Phi) is 3.81. The van der Waals surface area contributed by atoms with Crippen molar-refractivity contribution in [3.05, 3.63) is 65.2 Å². The summed E-state index contributed by atoms with van der Waals surface area (Å²) in [6, 6.07) is 17.8. The lowest BCUT2D eigenvalue weighted by Crippen LogP contribution is -2.20. The van der Waals surface area contributed by atoms with Gasteiger partial charge in [0, 0.05) is 17.3 Å². The maximum absolute atomic E-state index is 6.04. The van der Waals surface area contributed by atoms with Crippen molar-refractivity contribution in [1.82, 2.24) is 5.43 Å². The van der Waals surface area contributed by atoms with Crippen molar-refractivity contribution in [3.63, 3.8) is 0 Å². The van der Waals surface area contributed by atoms with E-state index in [1.54, 1.807) is 0 Å². The second-order valence-electron chi connectivity index (χ2n) is 3.44. The molecule has 16 heavy (non-hydrogen) atoms. The molecule has 0 aliphatic heterocycles. The van der Waals surface area contributed by atoms with Gasteiger partial charge < -0.3 is 5.43 Å². The molecule has 0 atom stereocenters. The zero-order valence-electron chi connectivity index (χ0n) is 8.78. The van der Waals surface area contributed by atoms with Gasteiger partial charge in [-0.1, -0.05) is 48.0 Å². The monoisotopic (exact) mass is 232 g/mol. The standard InChI is InChI=1S/C13H13ClN2/c14-13-9-5-4-6-11(13)10-15-16-12-7-2-1-3-8-12/h1-9,15-16H,10H2. The van der Waals surface area contributed by atoms with Crippen LogP contribution >= 0.6 is 11.6 Å². The first-order chi connectivity index (χ1) is 7.86. The molecule has 82 valence electrons. The van der Waals surface area contributed by atoms with Gasteiger partial charge in [-0.05, 0) is 23.8 Å². The second kappa shape index (κ2) is 5.54. The molecular weight excluding hydrogens is 220 g/mol. The summed E-state index contributed by atoms with van der Waals surface area (Å²) in [5, 5.41) is 0.782. The highest BCUT2D eigenvalue weighted by Crippen LogP contribution is 2.14. The number of hydrogen-bond donors (Lipinski definition) is 2. The zero-order valence-corrected chi connectivity index (χ0v) is 9.54. The normalized spacial score (nSPS) is 10.1. The molecule has 0 fully saturated rings. The minimum atomic E-state index is 0.689. The Labute approximate surface area is 100 Å². The molecule has 2 nitrogen and oxygen atoms in total. The number of nitrogens with one attached hydrogen (secondary N) is 2. The van der Waals surface area contributed by atoms with E-state index >= 15 is 0 Å². The molecule has 0 amide bonds. The number of para-hydroxylation sites is 1. The van der Waals surface area contributed by atoms with Crippen LogP contribution in [0.25, 0.3) is 0 Å². The SMILES string of the molecule is Clc1ccccc1CNNc1ccccc1. The van der Waals surface area contributed by atoms with Gasteiger partial charge in [0.25, 0.3) is 0 Å². The quantitative estimate of drug-likeness (QED) is 0.789. The van der Waals surface area contributed by atoms with E-state index < -0.39 is 0 Å². The van der Waals surface area contributed by atoms with Crippen molar-refractivity contribution in [2.24, 2.45) is 0 Å². The van der Waals surface area contributed by atoms with Crippen molar-refractivity contribution < 1.29 is 0 Å². The second-order valence-corrected chi connectivity index (χ2v) is 3.84. The molecule has 2 rings (SSSR count). The van der Waals surface area contributed by atoms with E-state index in [0.29, 0.717) is 6.54 Å². The summed E-state index contributed by atoms with van der Waals surface area (Å²) in [5.74, 6) is 0. The molecule has 0 aromatic heterocycles. The Hall–Kier alpha value is -1.51. The summed E-state index contributed by atoms with van der Waals surface area (Å²) in [6.45, 7) is 0.689. The van der Waals surface area contributed by atoms with Crippen molar-refractivity contribution in [1.29, 1.82) is 0 Å². The number of hydrazine groups is 1. The third-order valence-corrected chi connectivity index (χ3v) is 2.61. The Balaban J connectivity index is 1.87. The molecule has 0 aliphatic carbocycles. The van der Waals surface area contributed by atoms with Gasteiger partial charge in [-0.3, -0.25) is 0 Å². The average molecular weight is 233 g/mol. The Morgan fingerprint density at radius 2 is 1.56 bits per heavy atom. The zero-order chi connectivity index (χ0) is 11.2. The molecule has 2 aromatic carbocycles. The molecule has 2 aromatic rings. The van der Waals surface area contributed by atoms with Crippen LogP contribution in [0.15, 0.2) is 54.6 Å². The maximum Gasteiger partial charge on any atom is 0.0487 e. The van der Waals surface area contributed by atoms with Crippen molar-refractivity contribution in [2.45, 2.75) is 6.54 Å². The van der Waals surface area contributed by atoms with Gasteiger partial charge in [0.05, 0.1) is 0 Å². The smallest absolute Gasteiger partial charge is 0.0487 e. The Morgan fingerprint density at radius 1 is 0.875 bits per heavy atom. The van der Waals surface area contributed by atoms with Gasteiger partial charge in [-0.2, -0.15) is 0 Å². The van der Waals surface area contributed by atoms with Crippen LogP contribution in [0, 0.1) is 0 Å². The van der Waals surface area contributed by atoms with Crippen molar-refractivity contribution in [2.75, 3.05) is 5.43 Å². The van der Waals surface area contributed by atoms with E-state index in [1.165, 1.54) is 0 Å². The fourth-order valence-electron chi connectivity index (χ4n) is 1.40. The molecule has 0 unspecified atom stereocenters. The molecule has 0 heterocycles. The summed E-state index contributed by atoms with van der Waals surface area (Å²) in [4.78, 5) is 0. The lowest BCUT2D eigenvalue weighted by atomic mass is 10.2. The molecular formula is C13H13ClN2. The third-order valence-electron chi connectivity index (χ3n) is 2.24. The highest BCUT2D eigenvalue weighted by molar-refractivity contribution is 6.31. The van der Waals surface area contributed by atoms with Crippen LogP contribution in [0.4, 0.5) is 5.69 Å². The molecule has 0 radical (unpaired) electrons. The minimum absolute atomic E-state index is 0.689. The van der Waals surface area contributed by atoms with Gasteiger partial charge in [-0.15, -0.1) is 0 Å². The first-order valence-electron chi connectivity index (χ1n) is 5.13. The van der Waals surface area contributed by atoms with E-state index in [4.69, 9.17) is 11.6 Å². The fraction of sp³-hybridized carbons (Fsp3) is 0.0769. The molecule has 0 saturated carbocycles. The highest BCUT2D eigenvalue weighted by atomic mass is 35.5. The predicted octanol–water partition coefficient (Wildman–Crippen LogP) is 3.46. The molecule has 0 saturated heterocycles. The number of rotatable bonds is 4. The first kappa shape index (κ1) is 11.0. The summed E-state index contributed by atoms with van der Waals surface area (Å²) in [5.41, 5.74) is 8.35. The van der Waals surface area contributed by atoms with Gasteiger partial charge in [0.15, 0.2) is 0 Å². The minimum Gasteiger partial charge on any atom is -0.321 e. The fourth-order valence-corrected chi connectivity index (χ4v) is 1.61. The van der Waals surface area contributed by atoms with Crippen LogP contribution in [0.1, 0.15) is 5.56 Å². The summed E-state index contributed by atoms with van der Waals surface area (Å²) in [6.07, 6.45) is 0. The van der Waals surface area contributed by atoms with Crippen LogP contribution in [0.2, 0.25) is 5.02 Å². The number of benzene rings is 2. The molecule has 3 heteroatoms. The van der Waals surface area contributed by atoms with Crippen LogP contribution in [0.3, 0.4) is 0 Å². The predicted molar refractivity (Wildman–Crippen MR) is 68.4 cm³/mol. The van der Waals surface area contributed by atoms with Crippen LogP contribution in [0.5, 0.6) is 0 Å². The molecule has 0 bridgehead atoms. The number of halogens is 1. The average Bonchev–Trinajstić information content (AvgIpc) is 2.33. The molecule has 0 spiro atoms. The van der Waals surface area contributed by atoms with Crippen LogP contribution < -0.4 is 10.9 Å². The van der Waals surface area contributed by atoms with Gasteiger partial charge >= 0.3 is 0 Å². The highest BCUT2D eigenvalue weighted by Gasteiger charge is 1.97. The molecule has 2 N–H and O–H groups in total. The van der Waals surface area contributed by atoms with Crippen molar-refractivity contribution in [3.8, 4) is 0 Å². The van der Waals surface area contributed by atoms with Crippen LogP contribution in [-0.2, 0) is 6.54 Å². The van der Waals surface area contributed by atoms with E-state index in [2.05, 4.69) is 10.9 Å². The lowest BCUT2D eigenvalue weighted by Gasteiger charge is -2.09. The first-order valence-corrected chi connectivity index (χ1v) is 5.51. The largest absolute Gasteiger partial charge is 0.321 e. The summed E-state index contributed by atoms with van der Waals surface area (Å²) in [7, 11) is 0. The Morgan fingerprint density at radius 3 is 2.31 bits per heavy atom. The third kappa shape index (κ3) is 2.99. The Bertz CT molecular complexity index is 443. The number of hydrogen-bond acceptors (Lipinski definition) is 2. The van der Waals surface area contributed by atoms with Gasteiger partial charge in [-0.25, -0.2) is 5.43 Å². The summed E-state index contributed by atoms with van der Waals surface area (Å²) >= 11 is 6.04.